The standard InChI is InChI=1S/C10H10FN5O/c11-7-3-1-6(2-4-7)8-5-9(14-13-8)10(17)15-16-12/h1-4,8-9,13-14H,5H2. The van der Waals surface area contributed by atoms with Crippen LogP contribution < -0.4 is 10.9 Å². The van der Waals surface area contributed by atoms with E-state index in [9.17, 15) is 9.18 Å². The van der Waals surface area contributed by atoms with E-state index in [1.54, 1.807) is 12.1 Å². The number of hydrazine groups is 1. The van der Waals surface area contributed by atoms with E-state index in [0.717, 1.165) is 5.56 Å². The second-order valence-electron chi connectivity index (χ2n) is 3.71. The Bertz CT molecular complexity index is 468. The van der Waals surface area contributed by atoms with Gasteiger partial charge in [-0.15, -0.1) is 0 Å². The zero-order valence-corrected chi connectivity index (χ0v) is 8.80. The molecular formula is C10H10FN5O. The third-order valence-corrected chi connectivity index (χ3v) is 2.62. The van der Waals surface area contributed by atoms with Gasteiger partial charge >= 0.3 is 0 Å². The Morgan fingerprint density at radius 2 is 2.12 bits per heavy atom. The molecule has 6 nitrogen and oxygen atoms in total. The molecule has 2 atom stereocenters. The third kappa shape index (κ3) is 2.59. The molecule has 0 spiro atoms. The van der Waals surface area contributed by atoms with E-state index in [0.29, 0.717) is 6.42 Å². The van der Waals surface area contributed by atoms with Gasteiger partial charge in [0.2, 0.25) is 5.91 Å². The van der Waals surface area contributed by atoms with Crippen LogP contribution in [0.4, 0.5) is 4.39 Å². The molecule has 17 heavy (non-hydrogen) atoms. The highest BCUT2D eigenvalue weighted by Gasteiger charge is 2.29. The first-order valence-corrected chi connectivity index (χ1v) is 5.06. The Hall–Kier alpha value is -1.95. The van der Waals surface area contributed by atoms with Crippen molar-refractivity contribution in [2.24, 2.45) is 5.11 Å². The summed E-state index contributed by atoms with van der Waals surface area (Å²) in [5.74, 6) is -0.856. The predicted molar refractivity (Wildman–Crippen MR) is 58.0 cm³/mol. The first-order chi connectivity index (χ1) is 8.20. The van der Waals surface area contributed by atoms with Gasteiger partial charge in [0, 0.05) is 11.0 Å². The lowest BCUT2D eigenvalue weighted by Gasteiger charge is -2.08. The van der Waals surface area contributed by atoms with Gasteiger partial charge in [-0.25, -0.2) is 15.2 Å². The number of nitrogens with one attached hydrogen (secondary N) is 2. The fourth-order valence-electron chi connectivity index (χ4n) is 1.75. The van der Waals surface area contributed by atoms with Crippen molar-refractivity contribution in [2.45, 2.75) is 18.5 Å². The molecule has 1 aromatic carbocycles. The van der Waals surface area contributed by atoms with Crippen LogP contribution in [0.5, 0.6) is 0 Å². The number of carbonyl (C=O) groups is 1. The zero-order valence-electron chi connectivity index (χ0n) is 8.80. The van der Waals surface area contributed by atoms with Crippen LogP contribution in [0.2, 0.25) is 0 Å². The van der Waals surface area contributed by atoms with E-state index in [4.69, 9.17) is 5.53 Å². The molecular weight excluding hydrogens is 225 g/mol. The van der Waals surface area contributed by atoms with Crippen molar-refractivity contribution >= 4 is 5.91 Å². The van der Waals surface area contributed by atoms with Gasteiger partial charge < -0.3 is 0 Å². The Balaban J connectivity index is 2.05. The number of rotatable bonds is 2. The zero-order chi connectivity index (χ0) is 12.3. The topological polar surface area (TPSA) is 89.9 Å². The Labute approximate surface area is 96.4 Å². The summed E-state index contributed by atoms with van der Waals surface area (Å²) >= 11 is 0. The molecule has 0 aliphatic carbocycles. The molecule has 0 radical (unpaired) electrons. The second-order valence-corrected chi connectivity index (χ2v) is 3.71. The number of hydrogen-bond acceptors (Lipinski definition) is 3. The highest BCUT2D eigenvalue weighted by molar-refractivity contribution is 5.82. The highest BCUT2D eigenvalue weighted by atomic mass is 19.1. The number of azide groups is 1. The van der Waals surface area contributed by atoms with Crippen LogP contribution in [0.3, 0.4) is 0 Å². The van der Waals surface area contributed by atoms with Gasteiger partial charge in [-0.2, -0.15) is 0 Å². The minimum atomic E-state index is -0.551. The van der Waals surface area contributed by atoms with E-state index in [1.165, 1.54) is 12.1 Å². The third-order valence-electron chi connectivity index (χ3n) is 2.62. The number of hydrogen-bond donors (Lipinski definition) is 2. The Morgan fingerprint density at radius 3 is 2.76 bits per heavy atom. The van der Waals surface area contributed by atoms with Gasteiger partial charge in [0.1, 0.15) is 5.82 Å². The van der Waals surface area contributed by atoms with Gasteiger partial charge in [0.25, 0.3) is 0 Å². The maximum atomic E-state index is 12.7. The molecule has 0 saturated carbocycles. The molecule has 7 heteroatoms. The smallest absolute Gasteiger partial charge is 0.237 e. The molecule has 2 N–H and O–H groups in total. The minimum absolute atomic E-state index is 0.0987. The lowest BCUT2D eigenvalue weighted by Crippen LogP contribution is -2.35. The number of halogens is 1. The SMILES string of the molecule is [N-]=[N+]=NC(=O)C1CC(c2ccc(F)cc2)NN1. The minimum Gasteiger partial charge on any atom is -0.291 e. The average molecular weight is 235 g/mol. The Kier molecular flexibility index (Phi) is 3.34. The molecule has 1 saturated heterocycles. The predicted octanol–water partition coefficient (Wildman–Crippen LogP) is 1.57. The van der Waals surface area contributed by atoms with E-state index >= 15 is 0 Å². The summed E-state index contributed by atoms with van der Waals surface area (Å²) in [5.41, 5.74) is 14.7. The number of amides is 1. The molecule has 1 aliphatic heterocycles. The molecule has 2 unspecified atom stereocenters. The molecule has 1 aromatic rings. The summed E-state index contributed by atoms with van der Waals surface area (Å²) in [5, 5.41) is 3.03. The van der Waals surface area contributed by atoms with Crippen LogP contribution in [-0.2, 0) is 4.79 Å². The molecule has 1 heterocycles. The lowest BCUT2D eigenvalue weighted by molar-refractivity contribution is -0.119. The largest absolute Gasteiger partial charge is 0.291 e. The Morgan fingerprint density at radius 1 is 1.41 bits per heavy atom. The van der Waals surface area contributed by atoms with E-state index < -0.39 is 11.9 Å². The number of nitrogens with zero attached hydrogens (tertiary/aromatic N) is 3. The number of carbonyl (C=O) groups excluding carboxylic acids is 1. The molecule has 2 rings (SSSR count). The van der Waals surface area contributed by atoms with Crippen molar-refractivity contribution in [1.29, 1.82) is 0 Å². The van der Waals surface area contributed by atoms with E-state index in [2.05, 4.69) is 20.9 Å². The van der Waals surface area contributed by atoms with Gasteiger partial charge in [-0.05, 0) is 34.8 Å². The summed E-state index contributed by atoms with van der Waals surface area (Å²) in [6.45, 7) is 0. The molecule has 0 bridgehead atoms. The number of benzene rings is 1. The highest BCUT2D eigenvalue weighted by Crippen LogP contribution is 2.22. The summed E-state index contributed by atoms with van der Waals surface area (Å²) in [4.78, 5) is 13.7. The van der Waals surface area contributed by atoms with E-state index in [-0.39, 0.29) is 11.9 Å². The van der Waals surface area contributed by atoms with Gasteiger partial charge in [0.05, 0.1) is 6.04 Å². The van der Waals surface area contributed by atoms with Crippen LogP contribution in [0.25, 0.3) is 10.4 Å². The van der Waals surface area contributed by atoms with Crippen molar-refractivity contribution in [3.63, 3.8) is 0 Å². The molecule has 88 valence electrons. The van der Waals surface area contributed by atoms with Crippen molar-refractivity contribution in [3.8, 4) is 0 Å². The van der Waals surface area contributed by atoms with Gasteiger partial charge in [-0.1, -0.05) is 12.1 Å². The van der Waals surface area contributed by atoms with Crippen LogP contribution in [-0.4, -0.2) is 11.9 Å². The summed E-state index contributed by atoms with van der Waals surface area (Å²) in [7, 11) is 0. The molecule has 0 aromatic heterocycles. The first kappa shape index (κ1) is 11.5. The molecule has 1 amide bonds. The van der Waals surface area contributed by atoms with E-state index in [1.807, 2.05) is 0 Å². The van der Waals surface area contributed by atoms with Crippen LogP contribution in [0, 0.1) is 5.82 Å². The molecule has 1 fully saturated rings. The fraction of sp³-hybridized carbons (Fsp3) is 0.300. The van der Waals surface area contributed by atoms with Crippen molar-refractivity contribution < 1.29 is 9.18 Å². The van der Waals surface area contributed by atoms with Gasteiger partial charge in [0.15, 0.2) is 0 Å². The summed E-state index contributed by atoms with van der Waals surface area (Å²) < 4.78 is 12.7. The van der Waals surface area contributed by atoms with Gasteiger partial charge in [-0.3, -0.25) is 4.79 Å². The lowest BCUT2D eigenvalue weighted by atomic mass is 10.0. The maximum absolute atomic E-state index is 12.7. The van der Waals surface area contributed by atoms with Crippen molar-refractivity contribution in [3.05, 3.63) is 46.1 Å². The van der Waals surface area contributed by atoms with Crippen LogP contribution >= 0.6 is 0 Å². The normalized spacial score (nSPS) is 23.1. The van der Waals surface area contributed by atoms with Crippen LogP contribution in [0.1, 0.15) is 18.0 Å². The quantitative estimate of drug-likeness (QED) is 0.463. The first-order valence-electron chi connectivity index (χ1n) is 5.06. The van der Waals surface area contributed by atoms with Crippen LogP contribution in [0.15, 0.2) is 29.4 Å². The average Bonchev–Trinajstić information content (AvgIpc) is 2.80. The summed E-state index contributed by atoms with van der Waals surface area (Å²) in [6.07, 6.45) is 0.462. The van der Waals surface area contributed by atoms with Crippen molar-refractivity contribution in [1.82, 2.24) is 10.9 Å². The fourth-order valence-corrected chi connectivity index (χ4v) is 1.75. The van der Waals surface area contributed by atoms with Crippen molar-refractivity contribution in [2.75, 3.05) is 0 Å². The molecule has 1 aliphatic rings. The second kappa shape index (κ2) is 4.92. The summed E-state index contributed by atoms with van der Waals surface area (Å²) in [6, 6.07) is 5.38. The monoisotopic (exact) mass is 235 g/mol. The maximum Gasteiger partial charge on any atom is 0.237 e.